The van der Waals surface area contributed by atoms with Crippen LogP contribution in [-0.2, 0) is 19.8 Å². The van der Waals surface area contributed by atoms with Crippen LogP contribution in [0.5, 0.6) is 0 Å². The molecular weight excluding hydrogens is 286 g/mol. The molecule has 0 aliphatic heterocycles. The molecule has 0 heterocycles. The van der Waals surface area contributed by atoms with E-state index >= 15 is 0 Å². The molecule has 1 aliphatic rings. The van der Waals surface area contributed by atoms with Gasteiger partial charge in [-0.3, -0.25) is 0 Å². The zero-order valence-electron chi connectivity index (χ0n) is 5.49. The Kier molecular flexibility index (Phi) is 6.32. The number of allylic oxidation sites excluding steroid dienone is 4. The molecule has 0 N–H and O–H groups in total. The maximum Gasteiger partial charge on any atom is 2.00 e. The molecular formula is C8H12Os+2. The fourth-order valence-corrected chi connectivity index (χ4v) is 0.874. The van der Waals surface area contributed by atoms with Crippen molar-refractivity contribution >= 4 is 0 Å². The van der Waals surface area contributed by atoms with E-state index in [0.29, 0.717) is 0 Å². The minimum atomic E-state index is 0. The third-order valence-corrected chi connectivity index (χ3v) is 1.37. The van der Waals surface area contributed by atoms with Crippen LogP contribution in [0.3, 0.4) is 0 Å². The summed E-state index contributed by atoms with van der Waals surface area (Å²) in [6, 6.07) is 0. The average molecular weight is 298 g/mol. The molecule has 0 amide bonds. The summed E-state index contributed by atoms with van der Waals surface area (Å²) < 4.78 is 0. The van der Waals surface area contributed by atoms with Crippen molar-refractivity contribution in [2.75, 3.05) is 0 Å². The molecule has 9 heavy (non-hydrogen) atoms. The van der Waals surface area contributed by atoms with Gasteiger partial charge in [0, 0.05) is 0 Å². The van der Waals surface area contributed by atoms with Gasteiger partial charge in [0.2, 0.25) is 0 Å². The molecule has 0 aromatic rings. The second kappa shape index (κ2) is 6.24. The van der Waals surface area contributed by atoms with E-state index in [1.165, 1.54) is 25.7 Å². The van der Waals surface area contributed by atoms with Gasteiger partial charge in [0.1, 0.15) is 0 Å². The Hall–Kier alpha value is 0.116. The number of rotatable bonds is 0. The maximum absolute atomic E-state index is 2.23. The van der Waals surface area contributed by atoms with Gasteiger partial charge < -0.3 is 0 Å². The first-order chi connectivity index (χ1) is 4.00. The van der Waals surface area contributed by atoms with Crippen LogP contribution in [-0.4, -0.2) is 0 Å². The predicted octanol–water partition coefficient (Wildman–Crippen LogP) is 2.67. The van der Waals surface area contributed by atoms with Gasteiger partial charge in [0.25, 0.3) is 0 Å². The van der Waals surface area contributed by atoms with E-state index < -0.39 is 0 Å². The van der Waals surface area contributed by atoms with Crippen molar-refractivity contribution in [3.8, 4) is 0 Å². The van der Waals surface area contributed by atoms with Gasteiger partial charge in [-0.2, -0.15) is 0 Å². The summed E-state index contributed by atoms with van der Waals surface area (Å²) in [5, 5.41) is 0. The molecule has 0 bridgehead atoms. The Balaban J connectivity index is 0.000000640. The van der Waals surface area contributed by atoms with E-state index in [4.69, 9.17) is 0 Å². The topological polar surface area (TPSA) is 0 Å². The molecule has 0 aromatic carbocycles. The second-order valence-corrected chi connectivity index (χ2v) is 2.14. The van der Waals surface area contributed by atoms with Crippen molar-refractivity contribution in [1.82, 2.24) is 0 Å². The molecule has 0 nitrogen and oxygen atoms in total. The molecule has 0 saturated carbocycles. The first-order valence-electron chi connectivity index (χ1n) is 3.32. The van der Waals surface area contributed by atoms with Gasteiger partial charge in [-0.05, 0) is 25.7 Å². The monoisotopic (exact) mass is 300 g/mol. The summed E-state index contributed by atoms with van der Waals surface area (Å²) in [5.74, 6) is 0. The van der Waals surface area contributed by atoms with E-state index in [9.17, 15) is 0 Å². The Bertz CT molecular complexity index is 89.1. The first-order valence-corrected chi connectivity index (χ1v) is 3.32. The normalized spacial score (nSPS) is 24.9. The van der Waals surface area contributed by atoms with Crippen LogP contribution in [0.1, 0.15) is 25.7 Å². The quantitative estimate of drug-likeness (QED) is 0.645. The van der Waals surface area contributed by atoms with Crippen LogP contribution >= 0.6 is 0 Å². The van der Waals surface area contributed by atoms with Crippen molar-refractivity contribution in [3.05, 3.63) is 24.3 Å². The largest absolute Gasteiger partial charge is 2.00 e. The van der Waals surface area contributed by atoms with E-state index in [1.807, 2.05) is 0 Å². The summed E-state index contributed by atoms with van der Waals surface area (Å²) >= 11 is 0. The fraction of sp³-hybridized carbons (Fsp3) is 0.500. The van der Waals surface area contributed by atoms with Gasteiger partial charge in [-0.1, -0.05) is 24.3 Å². The van der Waals surface area contributed by atoms with E-state index in [0.717, 1.165) is 0 Å². The zero-order chi connectivity index (χ0) is 5.66. The van der Waals surface area contributed by atoms with Gasteiger partial charge >= 0.3 is 19.8 Å². The molecule has 50 valence electrons. The molecule has 0 saturated heterocycles. The third-order valence-electron chi connectivity index (χ3n) is 1.37. The van der Waals surface area contributed by atoms with Crippen molar-refractivity contribution in [2.45, 2.75) is 25.7 Å². The second-order valence-electron chi connectivity index (χ2n) is 2.14. The molecule has 0 atom stereocenters. The van der Waals surface area contributed by atoms with Crippen molar-refractivity contribution < 1.29 is 19.8 Å². The molecule has 0 spiro atoms. The van der Waals surface area contributed by atoms with Gasteiger partial charge in [-0.15, -0.1) is 0 Å². The van der Waals surface area contributed by atoms with Gasteiger partial charge in [-0.25, -0.2) is 0 Å². The maximum atomic E-state index is 2.23. The Morgan fingerprint density at radius 2 is 1.22 bits per heavy atom. The molecule has 0 aromatic heterocycles. The van der Waals surface area contributed by atoms with Crippen LogP contribution in [0.2, 0.25) is 0 Å². The van der Waals surface area contributed by atoms with E-state index in [2.05, 4.69) is 24.3 Å². The molecule has 0 unspecified atom stereocenters. The van der Waals surface area contributed by atoms with E-state index in [1.54, 1.807) is 0 Å². The Morgan fingerprint density at radius 1 is 0.778 bits per heavy atom. The number of hydrogen-bond acceptors (Lipinski definition) is 0. The Morgan fingerprint density at radius 3 is 1.67 bits per heavy atom. The van der Waals surface area contributed by atoms with Crippen LogP contribution in [0.15, 0.2) is 24.3 Å². The molecule has 1 heteroatoms. The molecule has 1 rings (SSSR count). The minimum absolute atomic E-state index is 0. The van der Waals surface area contributed by atoms with E-state index in [-0.39, 0.29) is 19.8 Å². The summed E-state index contributed by atoms with van der Waals surface area (Å²) in [6.45, 7) is 0. The SMILES string of the molecule is C1=C\CCCC\C=C/1.[Os+2]. The minimum Gasteiger partial charge on any atom is -0.0845 e. The van der Waals surface area contributed by atoms with Gasteiger partial charge in [0.15, 0.2) is 0 Å². The van der Waals surface area contributed by atoms with Crippen LogP contribution in [0.25, 0.3) is 0 Å². The average Bonchev–Trinajstić information content (AvgIpc) is 1.62. The fourth-order valence-electron chi connectivity index (χ4n) is 0.874. The first kappa shape index (κ1) is 9.12. The van der Waals surface area contributed by atoms with Crippen LogP contribution < -0.4 is 0 Å². The van der Waals surface area contributed by atoms with Crippen molar-refractivity contribution in [3.63, 3.8) is 0 Å². The standard InChI is InChI=1S/C8H12.Os/c1-2-4-6-8-7-5-3-1;/h1-4H,5-8H2;/q;+2/b3-1-,4-2-;. The summed E-state index contributed by atoms with van der Waals surface area (Å²) in [7, 11) is 0. The smallest absolute Gasteiger partial charge is 0.0845 e. The Labute approximate surface area is 70.1 Å². The molecule has 0 radical (unpaired) electrons. The van der Waals surface area contributed by atoms with Crippen molar-refractivity contribution in [2.24, 2.45) is 0 Å². The third kappa shape index (κ3) is 4.61. The van der Waals surface area contributed by atoms with Crippen molar-refractivity contribution in [1.29, 1.82) is 0 Å². The van der Waals surface area contributed by atoms with Crippen LogP contribution in [0.4, 0.5) is 0 Å². The molecule has 1 aliphatic carbocycles. The molecule has 0 fully saturated rings. The van der Waals surface area contributed by atoms with Gasteiger partial charge in [0.05, 0.1) is 0 Å². The summed E-state index contributed by atoms with van der Waals surface area (Å²) in [5.41, 5.74) is 0. The van der Waals surface area contributed by atoms with Crippen LogP contribution in [0, 0.1) is 0 Å². The summed E-state index contributed by atoms with van der Waals surface area (Å²) in [6.07, 6.45) is 14.0. The predicted molar refractivity (Wildman–Crippen MR) is 36.7 cm³/mol. The number of hydrogen-bond donors (Lipinski definition) is 0. The summed E-state index contributed by atoms with van der Waals surface area (Å²) in [4.78, 5) is 0. The zero-order valence-corrected chi connectivity index (χ0v) is 8.03.